The van der Waals surface area contributed by atoms with E-state index in [9.17, 15) is 13.2 Å². The van der Waals surface area contributed by atoms with Crippen molar-refractivity contribution in [2.75, 3.05) is 12.4 Å². The molecule has 1 unspecified atom stereocenters. The zero-order chi connectivity index (χ0) is 17.3. The highest BCUT2D eigenvalue weighted by Crippen LogP contribution is 2.39. The molecular formula is C17H14F3N3O. The van der Waals surface area contributed by atoms with Crippen molar-refractivity contribution in [2.24, 2.45) is 0 Å². The Kier molecular flexibility index (Phi) is 4.06. The fourth-order valence-electron chi connectivity index (χ4n) is 2.94. The summed E-state index contributed by atoms with van der Waals surface area (Å²) < 4.78 is 43.9. The van der Waals surface area contributed by atoms with Gasteiger partial charge in [0.25, 0.3) is 0 Å². The molecule has 4 nitrogen and oxygen atoms in total. The SMILES string of the molecule is COc1cccc2c1CCC2Nc1nc(C(F)(F)F)ccc1C#N. The number of alkyl halides is 3. The standard InChI is InChI=1S/C17H14F3N3O/c1-24-14-4-2-3-11-12(14)6-7-13(11)22-16-10(9-21)5-8-15(23-16)17(18,19)20/h2-5,8,13H,6-7H2,1H3,(H,22,23). The number of rotatable bonds is 3. The van der Waals surface area contributed by atoms with Crippen LogP contribution in [0, 0.1) is 11.3 Å². The minimum atomic E-state index is -4.55. The van der Waals surface area contributed by atoms with Crippen LogP contribution in [0.3, 0.4) is 0 Å². The summed E-state index contributed by atoms with van der Waals surface area (Å²) in [6, 6.07) is 9.21. The van der Waals surface area contributed by atoms with Crippen LogP contribution >= 0.6 is 0 Å². The van der Waals surface area contributed by atoms with E-state index in [2.05, 4.69) is 10.3 Å². The number of halogens is 3. The smallest absolute Gasteiger partial charge is 0.433 e. The number of methoxy groups -OCH3 is 1. The number of benzene rings is 1. The molecule has 1 atom stereocenters. The van der Waals surface area contributed by atoms with Gasteiger partial charge in [0.05, 0.1) is 18.7 Å². The van der Waals surface area contributed by atoms with Gasteiger partial charge in [-0.1, -0.05) is 12.1 Å². The molecule has 0 aliphatic heterocycles. The van der Waals surface area contributed by atoms with Crippen molar-refractivity contribution in [1.82, 2.24) is 4.98 Å². The third kappa shape index (κ3) is 2.87. The van der Waals surface area contributed by atoms with Crippen molar-refractivity contribution in [2.45, 2.75) is 25.1 Å². The predicted molar refractivity (Wildman–Crippen MR) is 81.6 cm³/mol. The Balaban J connectivity index is 1.95. The van der Waals surface area contributed by atoms with E-state index < -0.39 is 11.9 Å². The maximum atomic E-state index is 12.9. The van der Waals surface area contributed by atoms with Gasteiger partial charge in [-0.25, -0.2) is 4.98 Å². The second kappa shape index (κ2) is 6.04. The maximum absolute atomic E-state index is 12.9. The Labute approximate surface area is 136 Å². The number of hydrogen-bond acceptors (Lipinski definition) is 4. The third-order valence-electron chi connectivity index (χ3n) is 4.06. The predicted octanol–water partition coefficient (Wildman–Crippen LogP) is 4.08. The lowest BCUT2D eigenvalue weighted by Gasteiger charge is -2.17. The lowest BCUT2D eigenvalue weighted by atomic mass is 10.1. The number of fused-ring (bicyclic) bond motifs is 1. The maximum Gasteiger partial charge on any atom is 0.433 e. The first-order chi connectivity index (χ1) is 11.4. The Hall–Kier alpha value is -2.75. The van der Waals surface area contributed by atoms with E-state index in [1.165, 1.54) is 0 Å². The van der Waals surface area contributed by atoms with E-state index in [-0.39, 0.29) is 17.4 Å². The normalized spacial score (nSPS) is 16.4. The van der Waals surface area contributed by atoms with Gasteiger partial charge in [-0.2, -0.15) is 18.4 Å². The summed E-state index contributed by atoms with van der Waals surface area (Å²) in [6.45, 7) is 0. The van der Waals surface area contributed by atoms with Crippen molar-refractivity contribution in [3.63, 3.8) is 0 Å². The van der Waals surface area contributed by atoms with Crippen molar-refractivity contribution in [1.29, 1.82) is 5.26 Å². The van der Waals surface area contributed by atoms with Crippen LogP contribution in [0.1, 0.15) is 34.8 Å². The van der Waals surface area contributed by atoms with Gasteiger partial charge in [-0.15, -0.1) is 0 Å². The molecular weight excluding hydrogens is 319 g/mol. The van der Waals surface area contributed by atoms with Crippen LogP contribution in [0.4, 0.5) is 19.0 Å². The number of nitrogens with zero attached hydrogens (tertiary/aromatic N) is 2. The molecule has 0 amide bonds. The highest BCUT2D eigenvalue weighted by Gasteiger charge is 2.34. The van der Waals surface area contributed by atoms with E-state index in [1.807, 2.05) is 24.3 Å². The van der Waals surface area contributed by atoms with Crippen LogP contribution in [-0.4, -0.2) is 12.1 Å². The van der Waals surface area contributed by atoms with Gasteiger partial charge in [0.15, 0.2) is 0 Å². The summed E-state index contributed by atoms with van der Waals surface area (Å²) in [5.41, 5.74) is 1.05. The zero-order valence-electron chi connectivity index (χ0n) is 12.8. The number of anilines is 1. The molecule has 0 radical (unpaired) electrons. The minimum Gasteiger partial charge on any atom is -0.496 e. The van der Waals surface area contributed by atoms with Crippen molar-refractivity contribution >= 4 is 5.82 Å². The number of nitriles is 1. The van der Waals surface area contributed by atoms with Crippen molar-refractivity contribution in [3.8, 4) is 11.8 Å². The van der Waals surface area contributed by atoms with Gasteiger partial charge in [0, 0.05) is 0 Å². The molecule has 1 aromatic carbocycles. The number of ether oxygens (including phenoxy) is 1. The molecule has 3 rings (SSSR count). The molecule has 2 aromatic rings. The van der Waals surface area contributed by atoms with Gasteiger partial charge in [-0.05, 0) is 42.2 Å². The van der Waals surface area contributed by atoms with Crippen LogP contribution in [-0.2, 0) is 12.6 Å². The number of aromatic nitrogens is 1. The Morgan fingerprint density at radius 1 is 1.29 bits per heavy atom. The van der Waals surface area contributed by atoms with Crippen molar-refractivity contribution < 1.29 is 17.9 Å². The molecule has 124 valence electrons. The first-order valence-corrected chi connectivity index (χ1v) is 7.34. The molecule has 0 bridgehead atoms. The lowest BCUT2D eigenvalue weighted by Crippen LogP contribution is -2.14. The average molecular weight is 333 g/mol. The molecule has 1 aromatic heterocycles. The van der Waals surface area contributed by atoms with Crippen LogP contribution in [0.2, 0.25) is 0 Å². The molecule has 7 heteroatoms. The quantitative estimate of drug-likeness (QED) is 0.919. The fraction of sp³-hybridized carbons (Fsp3) is 0.294. The molecule has 1 aliphatic rings. The Morgan fingerprint density at radius 3 is 2.75 bits per heavy atom. The summed E-state index contributed by atoms with van der Waals surface area (Å²) in [6.07, 6.45) is -3.11. The molecule has 0 saturated heterocycles. The van der Waals surface area contributed by atoms with E-state index in [0.29, 0.717) is 6.42 Å². The molecule has 0 spiro atoms. The number of nitrogens with one attached hydrogen (secondary N) is 1. The monoisotopic (exact) mass is 333 g/mol. The van der Waals surface area contributed by atoms with Crippen LogP contribution < -0.4 is 10.1 Å². The van der Waals surface area contributed by atoms with E-state index in [0.717, 1.165) is 35.4 Å². The molecule has 1 N–H and O–H groups in total. The summed E-state index contributed by atoms with van der Waals surface area (Å²) >= 11 is 0. The highest BCUT2D eigenvalue weighted by atomic mass is 19.4. The second-order valence-corrected chi connectivity index (χ2v) is 5.47. The summed E-state index contributed by atoms with van der Waals surface area (Å²) in [7, 11) is 1.58. The largest absolute Gasteiger partial charge is 0.496 e. The summed E-state index contributed by atoms with van der Waals surface area (Å²) in [5, 5.41) is 12.1. The van der Waals surface area contributed by atoms with Crippen LogP contribution in [0.25, 0.3) is 0 Å². The molecule has 24 heavy (non-hydrogen) atoms. The highest BCUT2D eigenvalue weighted by molar-refractivity contribution is 5.56. The lowest BCUT2D eigenvalue weighted by molar-refractivity contribution is -0.141. The van der Waals surface area contributed by atoms with Gasteiger partial charge in [0.1, 0.15) is 23.3 Å². The summed E-state index contributed by atoms with van der Waals surface area (Å²) in [5.74, 6) is 0.710. The topological polar surface area (TPSA) is 57.9 Å². The van der Waals surface area contributed by atoms with E-state index in [4.69, 9.17) is 10.00 Å². The number of hydrogen-bond donors (Lipinski definition) is 1. The van der Waals surface area contributed by atoms with Gasteiger partial charge < -0.3 is 10.1 Å². The van der Waals surface area contributed by atoms with E-state index in [1.54, 1.807) is 7.11 Å². The molecule has 0 saturated carbocycles. The van der Waals surface area contributed by atoms with Gasteiger partial charge >= 0.3 is 6.18 Å². The fourth-order valence-corrected chi connectivity index (χ4v) is 2.94. The Bertz CT molecular complexity index is 812. The molecule has 1 aliphatic carbocycles. The number of pyridine rings is 1. The molecule has 0 fully saturated rings. The third-order valence-corrected chi connectivity index (χ3v) is 4.06. The molecule has 1 heterocycles. The summed E-state index contributed by atoms with van der Waals surface area (Å²) in [4.78, 5) is 3.60. The van der Waals surface area contributed by atoms with Gasteiger partial charge in [0.2, 0.25) is 0 Å². The minimum absolute atomic E-state index is 0.0482. The van der Waals surface area contributed by atoms with Crippen LogP contribution in [0.15, 0.2) is 30.3 Å². The second-order valence-electron chi connectivity index (χ2n) is 5.47. The van der Waals surface area contributed by atoms with Crippen LogP contribution in [0.5, 0.6) is 5.75 Å². The first-order valence-electron chi connectivity index (χ1n) is 7.34. The van der Waals surface area contributed by atoms with E-state index >= 15 is 0 Å². The first kappa shape index (κ1) is 16.1. The zero-order valence-corrected chi connectivity index (χ0v) is 12.8. The Morgan fingerprint density at radius 2 is 2.08 bits per heavy atom. The van der Waals surface area contributed by atoms with Crippen molar-refractivity contribution in [3.05, 3.63) is 52.7 Å². The van der Waals surface area contributed by atoms with Gasteiger partial charge in [-0.3, -0.25) is 0 Å². The average Bonchev–Trinajstić information content (AvgIpc) is 2.97.